The van der Waals surface area contributed by atoms with Crippen LogP contribution in [0.5, 0.6) is 0 Å². The number of carbonyl (C=O) groups is 3. The van der Waals surface area contributed by atoms with Gasteiger partial charge in [0.2, 0.25) is 11.8 Å². The lowest BCUT2D eigenvalue weighted by molar-refractivity contribution is -0.137. The topological polar surface area (TPSA) is 142 Å². The highest BCUT2D eigenvalue weighted by atomic mass is 16.4. The molecule has 0 radical (unpaired) electrons. The number of hydrogen-bond acceptors (Lipinski definition) is 6. The molecule has 0 bridgehead atoms. The molecular formula is C37H61BN4O6. The van der Waals surface area contributed by atoms with Crippen molar-refractivity contribution in [3.63, 3.8) is 0 Å². The predicted octanol–water partition coefficient (Wildman–Crippen LogP) is 5.98. The zero-order chi connectivity index (χ0) is 35.9. The van der Waals surface area contributed by atoms with Crippen LogP contribution in [0.3, 0.4) is 0 Å². The molecule has 0 spiro atoms. The highest BCUT2D eigenvalue weighted by Gasteiger charge is 2.34. The van der Waals surface area contributed by atoms with Gasteiger partial charge < -0.3 is 30.7 Å². The Balaban J connectivity index is 0.000000412. The zero-order valence-corrected chi connectivity index (χ0v) is 30.3. The normalized spacial score (nSPS) is 14.4. The molecule has 1 fully saturated rings. The van der Waals surface area contributed by atoms with Crippen molar-refractivity contribution in [3.8, 4) is 0 Å². The van der Waals surface area contributed by atoms with Crippen molar-refractivity contribution >= 4 is 25.0 Å². The molecule has 0 aliphatic carbocycles. The maximum atomic E-state index is 12.4. The Labute approximate surface area is 289 Å². The van der Waals surface area contributed by atoms with Gasteiger partial charge in [0, 0.05) is 26.2 Å². The van der Waals surface area contributed by atoms with Crippen molar-refractivity contribution in [2.75, 3.05) is 19.5 Å². The molecule has 5 N–H and O–H groups in total. The van der Waals surface area contributed by atoms with Gasteiger partial charge in [0.1, 0.15) is 6.04 Å². The summed E-state index contributed by atoms with van der Waals surface area (Å²) < 4.78 is 0. The molecule has 1 saturated heterocycles. The van der Waals surface area contributed by atoms with Gasteiger partial charge in [0.15, 0.2) is 0 Å². The summed E-state index contributed by atoms with van der Waals surface area (Å²) in [5.41, 5.74) is 5.80. The molecule has 0 saturated carbocycles. The predicted molar refractivity (Wildman–Crippen MR) is 194 cm³/mol. The van der Waals surface area contributed by atoms with Gasteiger partial charge in [0.25, 0.3) is 0 Å². The highest BCUT2D eigenvalue weighted by Crippen LogP contribution is 2.22. The van der Waals surface area contributed by atoms with Crippen LogP contribution in [0.25, 0.3) is 0 Å². The zero-order valence-electron chi connectivity index (χ0n) is 30.3. The van der Waals surface area contributed by atoms with E-state index in [4.69, 9.17) is 15.2 Å². The maximum Gasteiger partial charge on any atom is 0.472 e. The van der Waals surface area contributed by atoms with E-state index in [1.165, 1.54) is 66.5 Å². The SMILES string of the molecule is CC.CCCCCCCCC.Cc1cccc(C)c1CNCC(=O)N1CCCC1C(=O)NCB(O)O.O=C(O)N1Cc2ccccc2C1. The monoisotopic (exact) mass is 668 g/mol. The second kappa shape index (κ2) is 24.7. The van der Waals surface area contributed by atoms with E-state index in [2.05, 4.69) is 24.5 Å². The first-order valence-electron chi connectivity index (χ1n) is 17.8. The molecule has 1 unspecified atom stereocenters. The second-order valence-electron chi connectivity index (χ2n) is 12.1. The number of rotatable bonds is 13. The first kappa shape index (κ1) is 42.6. The Morgan fingerprint density at radius 3 is 1.90 bits per heavy atom. The van der Waals surface area contributed by atoms with Gasteiger partial charge in [-0.25, -0.2) is 4.79 Å². The Kier molecular flexibility index (Phi) is 21.9. The third-order valence-electron chi connectivity index (χ3n) is 8.38. The number of nitrogens with zero attached hydrogens (tertiary/aromatic N) is 2. The van der Waals surface area contributed by atoms with E-state index >= 15 is 0 Å². The van der Waals surface area contributed by atoms with Crippen LogP contribution in [0, 0.1) is 13.8 Å². The number of carboxylic acid groups (broad SMARTS) is 1. The molecule has 2 aliphatic rings. The smallest absolute Gasteiger partial charge is 0.465 e. The maximum absolute atomic E-state index is 12.4. The van der Waals surface area contributed by atoms with E-state index in [-0.39, 0.29) is 24.8 Å². The third kappa shape index (κ3) is 15.7. The Hall–Kier alpha value is -3.41. The summed E-state index contributed by atoms with van der Waals surface area (Å²) >= 11 is 0. The number of unbranched alkanes of at least 4 members (excludes halogenated alkanes) is 6. The minimum Gasteiger partial charge on any atom is -0.465 e. The summed E-state index contributed by atoms with van der Waals surface area (Å²) in [6.45, 7) is 15.0. The molecule has 2 heterocycles. The molecule has 268 valence electrons. The van der Waals surface area contributed by atoms with Crippen LogP contribution in [-0.4, -0.2) is 75.6 Å². The molecule has 2 aliphatic heterocycles. The molecule has 11 heteroatoms. The van der Waals surface area contributed by atoms with E-state index in [1.54, 1.807) is 4.90 Å². The summed E-state index contributed by atoms with van der Waals surface area (Å²) in [5.74, 6) is -0.456. The first-order chi connectivity index (χ1) is 23.1. The molecule has 4 rings (SSSR count). The highest BCUT2D eigenvalue weighted by molar-refractivity contribution is 6.41. The van der Waals surface area contributed by atoms with Gasteiger partial charge in [-0.05, 0) is 54.5 Å². The lowest BCUT2D eigenvalue weighted by Crippen LogP contribution is -2.50. The lowest BCUT2D eigenvalue weighted by Gasteiger charge is -2.24. The van der Waals surface area contributed by atoms with E-state index in [0.717, 1.165) is 17.5 Å². The van der Waals surface area contributed by atoms with Crippen molar-refractivity contribution in [1.29, 1.82) is 0 Å². The number of likely N-dealkylation sites (tertiary alicyclic amines) is 1. The third-order valence-corrected chi connectivity index (χ3v) is 8.38. The number of hydrogen-bond donors (Lipinski definition) is 5. The largest absolute Gasteiger partial charge is 0.472 e. The Morgan fingerprint density at radius 2 is 1.40 bits per heavy atom. The van der Waals surface area contributed by atoms with Gasteiger partial charge >= 0.3 is 13.2 Å². The van der Waals surface area contributed by atoms with Gasteiger partial charge in [-0.1, -0.05) is 115 Å². The number of fused-ring (bicyclic) bond motifs is 1. The first-order valence-corrected chi connectivity index (χ1v) is 17.8. The van der Waals surface area contributed by atoms with Crippen LogP contribution in [-0.2, 0) is 29.2 Å². The van der Waals surface area contributed by atoms with Gasteiger partial charge in [-0.2, -0.15) is 0 Å². The quantitative estimate of drug-likeness (QED) is 0.131. The lowest BCUT2D eigenvalue weighted by atomic mass is 9.92. The number of nitrogens with one attached hydrogen (secondary N) is 2. The van der Waals surface area contributed by atoms with Gasteiger partial charge in [0.05, 0.1) is 13.0 Å². The van der Waals surface area contributed by atoms with Crippen LogP contribution in [0.15, 0.2) is 42.5 Å². The van der Waals surface area contributed by atoms with Crippen molar-refractivity contribution in [2.45, 2.75) is 125 Å². The summed E-state index contributed by atoms with van der Waals surface area (Å²) in [6.07, 6.45) is 10.3. The fraction of sp³-hybridized carbons (Fsp3) is 0.595. The molecule has 48 heavy (non-hydrogen) atoms. The van der Waals surface area contributed by atoms with E-state index in [0.29, 0.717) is 32.6 Å². The Morgan fingerprint density at radius 1 is 0.854 bits per heavy atom. The summed E-state index contributed by atoms with van der Waals surface area (Å²) in [6, 6.07) is 13.4. The molecular weight excluding hydrogens is 607 g/mol. The Bertz CT molecular complexity index is 1180. The van der Waals surface area contributed by atoms with Crippen LogP contribution in [0.2, 0.25) is 0 Å². The van der Waals surface area contributed by atoms with Crippen molar-refractivity contribution in [2.24, 2.45) is 0 Å². The summed E-state index contributed by atoms with van der Waals surface area (Å²) in [5, 5.41) is 32.0. The molecule has 2 aromatic carbocycles. The standard InChI is InChI=1S/C17H26BN3O4.C9H9NO2.C9H20.C2H6/c1-12-5-3-6-13(2)14(12)9-19-10-16(22)21-8-4-7-15(21)17(23)20-11-18(24)25;11-9(12)10-5-7-3-1-2-4-8(7)6-10;1-3-5-7-9-8-6-4-2;1-2/h3,5-6,15,19,24-25H,4,7-11H2,1-2H3,(H,20,23);1-4H,5-6H2,(H,11,12);3-9H2,1-2H3;1-2H3. The minimum absolute atomic E-state index is 0.117. The van der Waals surface area contributed by atoms with E-state index in [9.17, 15) is 14.4 Å². The van der Waals surface area contributed by atoms with Crippen molar-refractivity contribution in [3.05, 3.63) is 70.3 Å². The minimum atomic E-state index is -1.59. The van der Waals surface area contributed by atoms with Crippen LogP contribution in [0.4, 0.5) is 4.79 Å². The van der Waals surface area contributed by atoms with Crippen LogP contribution < -0.4 is 10.6 Å². The van der Waals surface area contributed by atoms with Crippen molar-refractivity contribution < 1.29 is 29.5 Å². The van der Waals surface area contributed by atoms with Gasteiger partial charge in [-0.15, -0.1) is 0 Å². The number of amides is 3. The van der Waals surface area contributed by atoms with E-state index in [1.807, 2.05) is 70.2 Å². The number of carbonyl (C=O) groups excluding carboxylic acids is 2. The summed E-state index contributed by atoms with van der Waals surface area (Å²) in [4.78, 5) is 38.1. The van der Waals surface area contributed by atoms with Crippen molar-refractivity contribution in [1.82, 2.24) is 20.4 Å². The average molecular weight is 669 g/mol. The second-order valence-corrected chi connectivity index (χ2v) is 12.1. The molecule has 10 nitrogen and oxygen atoms in total. The molecule has 2 aromatic rings. The molecule has 3 amide bonds. The molecule has 0 aromatic heterocycles. The van der Waals surface area contributed by atoms with Gasteiger partial charge in [-0.3, -0.25) is 14.5 Å². The number of aryl methyl sites for hydroxylation is 2. The molecule has 1 atom stereocenters. The fourth-order valence-electron chi connectivity index (χ4n) is 5.67. The number of benzene rings is 2. The van der Waals surface area contributed by atoms with E-state index < -0.39 is 19.3 Å². The summed E-state index contributed by atoms with van der Waals surface area (Å²) in [7, 11) is -1.59. The van der Waals surface area contributed by atoms with Crippen LogP contribution >= 0.6 is 0 Å². The average Bonchev–Trinajstić information content (AvgIpc) is 3.75. The fourth-order valence-corrected chi connectivity index (χ4v) is 5.67. The van der Waals surface area contributed by atoms with Crippen LogP contribution in [0.1, 0.15) is 113 Å².